The number of aromatic nitrogens is 1. The molecule has 2 heteroatoms. The topological polar surface area (TPSA) is 22.1 Å². The summed E-state index contributed by atoms with van der Waals surface area (Å²) in [5.74, 6) is 1.02. The molecule has 0 amide bonds. The van der Waals surface area contributed by atoms with Gasteiger partial charge in [-0.2, -0.15) is 0 Å². The third-order valence-electron chi connectivity index (χ3n) is 2.85. The lowest BCUT2D eigenvalue weighted by Crippen LogP contribution is -1.86. The lowest BCUT2D eigenvalue weighted by Gasteiger charge is -2.00. The van der Waals surface area contributed by atoms with Gasteiger partial charge in [0.2, 0.25) is 0 Å². The highest BCUT2D eigenvalue weighted by Gasteiger charge is 2.10. The van der Waals surface area contributed by atoms with E-state index >= 15 is 0 Å². The quantitative estimate of drug-likeness (QED) is 0.780. The van der Waals surface area contributed by atoms with Crippen molar-refractivity contribution in [3.63, 3.8) is 0 Å². The third kappa shape index (κ3) is 2.21. The molecule has 1 aromatic heterocycles. The average Bonchev–Trinajstić information content (AvgIpc) is 2.85. The second-order valence-corrected chi connectivity index (χ2v) is 4.05. The molecule has 2 heterocycles. The van der Waals surface area contributed by atoms with E-state index in [9.17, 15) is 0 Å². The fourth-order valence-electron chi connectivity index (χ4n) is 1.94. The largest absolute Gasteiger partial charge is 0.493 e. The molecule has 0 saturated carbocycles. The zero-order valence-corrected chi connectivity index (χ0v) is 9.47. The summed E-state index contributed by atoms with van der Waals surface area (Å²) in [4.78, 5) is 4.25. The first-order chi connectivity index (χ1) is 8.42. The van der Waals surface area contributed by atoms with Crippen molar-refractivity contribution < 1.29 is 4.74 Å². The molecule has 0 fully saturated rings. The van der Waals surface area contributed by atoms with E-state index in [1.165, 1.54) is 5.56 Å². The van der Waals surface area contributed by atoms with Crippen molar-refractivity contribution in [3.8, 4) is 5.75 Å². The minimum absolute atomic E-state index is 0.808. The van der Waals surface area contributed by atoms with E-state index in [2.05, 4.69) is 29.3 Å². The number of ether oxygens (including phenoxy) is 1. The second-order valence-electron chi connectivity index (χ2n) is 4.05. The average molecular weight is 223 g/mol. The molecule has 0 atom stereocenters. The summed E-state index contributed by atoms with van der Waals surface area (Å²) in [6.45, 7) is 0.808. The number of fused-ring (bicyclic) bond motifs is 1. The fourth-order valence-corrected chi connectivity index (χ4v) is 1.94. The van der Waals surface area contributed by atoms with Gasteiger partial charge in [-0.15, -0.1) is 0 Å². The minimum Gasteiger partial charge on any atom is -0.493 e. The molecular formula is C15H13NO. The van der Waals surface area contributed by atoms with Gasteiger partial charge in [-0.1, -0.05) is 24.3 Å². The van der Waals surface area contributed by atoms with Crippen molar-refractivity contribution >= 4 is 12.2 Å². The van der Waals surface area contributed by atoms with E-state index in [1.807, 2.05) is 24.3 Å². The van der Waals surface area contributed by atoms with Gasteiger partial charge in [0.05, 0.1) is 12.3 Å². The van der Waals surface area contributed by atoms with Crippen LogP contribution in [0.5, 0.6) is 5.75 Å². The Morgan fingerprint density at radius 2 is 2.12 bits per heavy atom. The zero-order chi connectivity index (χ0) is 11.5. The first-order valence-electron chi connectivity index (χ1n) is 5.77. The first kappa shape index (κ1) is 10.1. The van der Waals surface area contributed by atoms with Crippen LogP contribution in [0.4, 0.5) is 0 Å². The molecule has 2 nitrogen and oxygen atoms in total. The van der Waals surface area contributed by atoms with E-state index < -0.39 is 0 Å². The van der Waals surface area contributed by atoms with Crippen molar-refractivity contribution in [2.24, 2.45) is 0 Å². The molecule has 17 heavy (non-hydrogen) atoms. The number of hydrogen-bond donors (Lipinski definition) is 0. The van der Waals surface area contributed by atoms with Crippen molar-refractivity contribution in [2.45, 2.75) is 6.42 Å². The van der Waals surface area contributed by atoms with Crippen LogP contribution in [0.3, 0.4) is 0 Å². The lowest BCUT2D eigenvalue weighted by molar-refractivity contribution is 0.357. The Morgan fingerprint density at radius 3 is 3.00 bits per heavy atom. The molecule has 0 spiro atoms. The Bertz CT molecular complexity index is 546. The predicted octanol–water partition coefficient (Wildman–Crippen LogP) is 3.19. The summed E-state index contributed by atoms with van der Waals surface area (Å²) in [6.07, 6.45) is 6.89. The van der Waals surface area contributed by atoms with Gasteiger partial charge in [0.15, 0.2) is 0 Å². The van der Waals surface area contributed by atoms with E-state index in [1.54, 1.807) is 6.20 Å². The number of rotatable bonds is 2. The van der Waals surface area contributed by atoms with E-state index in [4.69, 9.17) is 4.74 Å². The van der Waals surface area contributed by atoms with Gasteiger partial charge in [-0.05, 0) is 35.4 Å². The summed E-state index contributed by atoms with van der Waals surface area (Å²) in [6, 6.07) is 12.2. The van der Waals surface area contributed by atoms with Crippen LogP contribution in [0.25, 0.3) is 12.2 Å². The maximum atomic E-state index is 5.54. The third-order valence-corrected chi connectivity index (χ3v) is 2.85. The maximum absolute atomic E-state index is 5.54. The lowest BCUT2D eigenvalue weighted by atomic mass is 10.1. The summed E-state index contributed by atoms with van der Waals surface area (Å²) in [5.41, 5.74) is 3.42. The number of pyridine rings is 1. The minimum atomic E-state index is 0.808. The summed E-state index contributed by atoms with van der Waals surface area (Å²) in [5, 5.41) is 0. The zero-order valence-electron chi connectivity index (χ0n) is 9.47. The van der Waals surface area contributed by atoms with Gasteiger partial charge < -0.3 is 4.74 Å². The maximum Gasteiger partial charge on any atom is 0.123 e. The Labute approximate surface area is 101 Å². The van der Waals surface area contributed by atoms with E-state index in [-0.39, 0.29) is 0 Å². The van der Waals surface area contributed by atoms with Gasteiger partial charge in [-0.3, -0.25) is 4.98 Å². The van der Waals surface area contributed by atoms with Crippen LogP contribution in [0.15, 0.2) is 42.6 Å². The summed E-state index contributed by atoms with van der Waals surface area (Å²) >= 11 is 0. The molecule has 2 aromatic rings. The highest BCUT2D eigenvalue weighted by atomic mass is 16.5. The molecule has 0 unspecified atom stereocenters. The highest BCUT2D eigenvalue weighted by molar-refractivity contribution is 5.69. The predicted molar refractivity (Wildman–Crippen MR) is 68.8 cm³/mol. The number of hydrogen-bond acceptors (Lipinski definition) is 2. The number of benzene rings is 1. The molecule has 0 aliphatic carbocycles. The second kappa shape index (κ2) is 4.42. The highest BCUT2D eigenvalue weighted by Crippen LogP contribution is 2.26. The van der Waals surface area contributed by atoms with Gasteiger partial charge >= 0.3 is 0 Å². The smallest absolute Gasteiger partial charge is 0.123 e. The monoisotopic (exact) mass is 223 g/mol. The molecule has 84 valence electrons. The van der Waals surface area contributed by atoms with E-state index in [0.29, 0.717) is 0 Å². The van der Waals surface area contributed by atoms with Crippen molar-refractivity contribution in [2.75, 3.05) is 6.61 Å². The van der Waals surface area contributed by atoms with E-state index in [0.717, 1.165) is 30.0 Å². The van der Waals surface area contributed by atoms with Crippen LogP contribution in [0.1, 0.15) is 16.8 Å². The fraction of sp³-hybridized carbons (Fsp3) is 0.133. The van der Waals surface area contributed by atoms with Crippen LogP contribution < -0.4 is 4.74 Å². The van der Waals surface area contributed by atoms with Crippen LogP contribution in [0.2, 0.25) is 0 Å². The standard InChI is InChI=1S/C15H13NO/c1-2-9-16-14(3-1)7-5-12-4-6-13-8-10-17-15(13)11-12/h1-7,9,11H,8,10H2/b7-5-. The van der Waals surface area contributed by atoms with Crippen LogP contribution in [0, 0.1) is 0 Å². The van der Waals surface area contributed by atoms with Gasteiger partial charge in [0, 0.05) is 12.6 Å². The SMILES string of the molecule is C(=C/c1ccccn1)/c1ccc2c(c1)OCC2. The molecule has 0 bridgehead atoms. The Hall–Kier alpha value is -2.09. The summed E-state index contributed by atoms with van der Waals surface area (Å²) in [7, 11) is 0. The first-order valence-corrected chi connectivity index (χ1v) is 5.77. The van der Waals surface area contributed by atoms with Crippen molar-refractivity contribution in [1.29, 1.82) is 0 Å². The van der Waals surface area contributed by atoms with Gasteiger partial charge in [0.1, 0.15) is 5.75 Å². The van der Waals surface area contributed by atoms with Crippen LogP contribution in [-0.2, 0) is 6.42 Å². The Kier molecular flexibility index (Phi) is 2.62. The van der Waals surface area contributed by atoms with Gasteiger partial charge in [0.25, 0.3) is 0 Å². The van der Waals surface area contributed by atoms with Crippen molar-refractivity contribution in [3.05, 3.63) is 59.4 Å². The van der Waals surface area contributed by atoms with Crippen molar-refractivity contribution in [1.82, 2.24) is 4.98 Å². The van der Waals surface area contributed by atoms with Crippen LogP contribution >= 0.6 is 0 Å². The molecule has 3 rings (SSSR count). The molecule has 1 aliphatic rings. The number of nitrogens with zero attached hydrogens (tertiary/aromatic N) is 1. The molecule has 1 aliphatic heterocycles. The normalized spacial score (nSPS) is 13.6. The summed E-state index contributed by atoms with van der Waals surface area (Å²) < 4.78 is 5.54. The molecule has 0 radical (unpaired) electrons. The molecule has 0 N–H and O–H groups in total. The molecule has 0 saturated heterocycles. The van der Waals surface area contributed by atoms with Crippen LogP contribution in [-0.4, -0.2) is 11.6 Å². The molecule has 1 aromatic carbocycles. The Morgan fingerprint density at radius 1 is 1.12 bits per heavy atom. The molecular weight excluding hydrogens is 210 g/mol. The Balaban J connectivity index is 1.84. The van der Waals surface area contributed by atoms with Gasteiger partial charge in [-0.25, -0.2) is 0 Å².